The van der Waals surface area contributed by atoms with E-state index < -0.39 is 30.4 Å². The van der Waals surface area contributed by atoms with Crippen LogP contribution in [0.4, 0.5) is 10.1 Å². The zero-order valence-corrected chi connectivity index (χ0v) is 13.5. The third kappa shape index (κ3) is 5.24. The molecule has 0 saturated heterocycles. The highest BCUT2D eigenvalue weighted by Gasteiger charge is 2.18. The first-order chi connectivity index (χ1) is 11.5. The molecular formula is C17H15ClFNO4. The molecule has 7 heteroatoms. The monoisotopic (exact) mass is 351 g/mol. The van der Waals surface area contributed by atoms with Crippen LogP contribution in [-0.2, 0) is 14.3 Å². The minimum absolute atomic E-state index is 0.0472. The van der Waals surface area contributed by atoms with Crippen molar-refractivity contribution in [1.29, 1.82) is 0 Å². The Hall–Kier alpha value is -2.60. The van der Waals surface area contributed by atoms with Crippen molar-refractivity contribution >= 4 is 29.2 Å². The van der Waals surface area contributed by atoms with Crippen LogP contribution in [0.1, 0.15) is 6.92 Å². The lowest BCUT2D eigenvalue weighted by Gasteiger charge is -2.14. The molecular weight excluding hydrogens is 337 g/mol. The molecule has 2 rings (SSSR count). The molecule has 0 heterocycles. The van der Waals surface area contributed by atoms with Gasteiger partial charge in [0.2, 0.25) is 0 Å². The maximum atomic E-state index is 13.6. The summed E-state index contributed by atoms with van der Waals surface area (Å²) in [6.07, 6.45) is -0.882. The van der Waals surface area contributed by atoms with Gasteiger partial charge in [0.15, 0.2) is 12.7 Å². The summed E-state index contributed by atoms with van der Waals surface area (Å²) in [5.41, 5.74) is -0.0472. The number of para-hydroxylation sites is 1. The minimum atomic E-state index is -0.882. The highest BCUT2D eigenvalue weighted by molar-refractivity contribution is 6.30. The van der Waals surface area contributed by atoms with Gasteiger partial charge in [-0.05, 0) is 37.3 Å². The van der Waals surface area contributed by atoms with Crippen LogP contribution in [0.25, 0.3) is 0 Å². The van der Waals surface area contributed by atoms with E-state index in [-0.39, 0.29) is 10.7 Å². The van der Waals surface area contributed by atoms with Gasteiger partial charge in [-0.3, -0.25) is 4.79 Å². The Kier molecular flexibility index (Phi) is 6.14. The van der Waals surface area contributed by atoms with Crippen LogP contribution in [0.5, 0.6) is 5.75 Å². The Morgan fingerprint density at radius 3 is 2.58 bits per heavy atom. The number of anilines is 1. The van der Waals surface area contributed by atoms with Crippen LogP contribution in [0.3, 0.4) is 0 Å². The standard InChI is InChI=1S/C17H15ClFNO4/c1-11(24-13-5-3-2-4-6-13)17(22)23-10-16(21)20-15-8-7-12(18)9-14(15)19/h2-9,11H,10H2,1H3,(H,20,21)/t11-/m0/s1. The van der Waals surface area contributed by atoms with Crippen molar-refractivity contribution in [2.24, 2.45) is 0 Å². The van der Waals surface area contributed by atoms with Crippen molar-refractivity contribution in [2.45, 2.75) is 13.0 Å². The summed E-state index contributed by atoms with van der Waals surface area (Å²) in [5.74, 6) is -1.54. The summed E-state index contributed by atoms with van der Waals surface area (Å²) in [4.78, 5) is 23.5. The summed E-state index contributed by atoms with van der Waals surface area (Å²) in [6.45, 7) is 0.954. The normalized spacial score (nSPS) is 11.5. The smallest absolute Gasteiger partial charge is 0.347 e. The van der Waals surface area contributed by atoms with E-state index in [9.17, 15) is 14.0 Å². The molecule has 0 radical (unpaired) electrons. The van der Waals surface area contributed by atoms with Gasteiger partial charge in [-0.25, -0.2) is 9.18 Å². The molecule has 0 aliphatic carbocycles. The Morgan fingerprint density at radius 1 is 1.21 bits per heavy atom. The van der Waals surface area contributed by atoms with Crippen molar-refractivity contribution in [2.75, 3.05) is 11.9 Å². The van der Waals surface area contributed by atoms with Gasteiger partial charge < -0.3 is 14.8 Å². The Morgan fingerprint density at radius 2 is 1.92 bits per heavy atom. The van der Waals surface area contributed by atoms with Gasteiger partial charge in [0.25, 0.3) is 5.91 Å². The first-order valence-electron chi connectivity index (χ1n) is 7.09. The number of halogens is 2. The number of amides is 1. The van der Waals surface area contributed by atoms with E-state index in [1.54, 1.807) is 24.3 Å². The molecule has 0 unspecified atom stereocenters. The molecule has 0 aromatic heterocycles. The molecule has 5 nitrogen and oxygen atoms in total. The fourth-order valence-corrected chi connectivity index (χ4v) is 1.94. The summed E-state index contributed by atoms with van der Waals surface area (Å²) >= 11 is 5.62. The number of esters is 1. The lowest BCUT2D eigenvalue weighted by atomic mass is 10.3. The second-order valence-corrected chi connectivity index (χ2v) is 5.29. The summed E-state index contributed by atoms with van der Waals surface area (Å²) < 4.78 is 23.8. The molecule has 1 amide bonds. The molecule has 126 valence electrons. The average Bonchev–Trinajstić information content (AvgIpc) is 2.56. The van der Waals surface area contributed by atoms with Crippen molar-refractivity contribution in [3.05, 3.63) is 59.4 Å². The largest absolute Gasteiger partial charge is 0.479 e. The zero-order valence-electron chi connectivity index (χ0n) is 12.8. The number of hydrogen-bond donors (Lipinski definition) is 1. The predicted molar refractivity (Wildman–Crippen MR) is 87.5 cm³/mol. The maximum absolute atomic E-state index is 13.6. The Bertz CT molecular complexity index is 724. The van der Waals surface area contributed by atoms with E-state index in [2.05, 4.69) is 5.32 Å². The quantitative estimate of drug-likeness (QED) is 0.810. The number of nitrogens with one attached hydrogen (secondary N) is 1. The molecule has 1 atom stereocenters. The Labute approximate surface area is 143 Å². The fourth-order valence-electron chi connectivity index (χ4n) is 1.78. The average molecular weight is 352 g/mol. The van der Waals surface area contributed by atoms with Crippen LogP contribution >= 0.6 is 11.6 Å². The third-order valence-electron chi connectivity index (χ3n) is 2.94. The topological polar surface area (TPSA) is 64.6 Å². The number of carbonyl (C=O) groups is 2. The van der Waals surface area contributed by atoms with Crippen molar-refractivity contribution < 1.29 is 23.5 Å². The SMILES string of the molecule is C[C@H](Oc1ccccc1)C(=O)OCC(=O)Nc1ccc(Cl)cc1F. The molecule has 0 bridgehead atoms. The molecule has 0 aliphatic heterocycles. The van der Waals surface area contributed by atoms with Gasteiger partial charge >= 0.3 is 5.97 Å². The molecule has 0 fully saturated rings. The summed E-state index contributed by atoms with van der Waals surface area (Å²) in [6, 6.07) is 12.6. The van der Waals surface area contributed by atoms with E-state index in [1.165, 1.54) is 19.1 Å². The van der Waals surface area contributed by atoms with E-state index in [1.807, 2.05) is 6.07 Å². The molecule has 2 aromatic carbocycles. The van der Waals surface area contributed by atoms with Gasteiger partial charge in [-0.15, -0.1) is 0 Å². The fraction of sp³-hybridized carbons (Fsp3) is 0.176. The second kappa shape index (κ2) is 8.31. The first kappa shape index (κ1) is 17.7. The zero-order chi connectivity index (χ0) is 17.5. The van der Waals surface area contributed by atoms with Gasteiger partial charge in [0, 0.05) is 5.02 Å². The van der Waals surface area contributed by atoms with Crippen molar-refractivity contribution in [1.82, 2.24) is 0 Å². The summed E-state index contributed by atoms with van der Waals surface area (Å²) in [7, 11) is 0. The van der Waals surface area contributed by atoms with Crippen LogP contribution in [0.2, 0.25) is 5.02 Å². The molecule has 24 heavy (non-hydrogen) atoms. The minimum Gasteiger partial charge on any atom is -0.479 e. The number of ether oxygens (including phenoxy) is 2. The van der Waals surface area contributed by atoms with Crippen LogP contribution in [0, 0.1) is 5.82 Å². The molecule has 0 spiro atoms. The van der Waals surface area contributed by atoms with E-state index in [0.717, 1.165) is 6.07 Å². The first-order valence-corrected chi connectivity index (χ1v) is 7.47. The van der Waals surface area contributed by atoms with E-state index in [0.29, 0.717) is 5.75 Å². The molecule has 1 N–H and O–H groups in total. The van der Waals surface area contributed by atoms with Gasteiger partial charge in [-0.1, -0.05) is 29.8 Å². The maximum Gasteiger partial charge on any atom is 0.347 e. The third-order valence-corrected chi connectivity index (χ3v) is 3.17. The number of carbonyl (C=O) groups excluding carboxylic acids is 2. The summed E-state index contributed by atoms with van der Waals surface area (Å²) in [5, 5.41) is 2.50. The van der Waals surface area contributed by atoms with Gasteiger partial charge in [0.1, 0.15) is 11.6 Å². The highest BCUT2D eigenvalue weighted by atomic mass is 35.5. The molecule has 0 aliphatic rings. The molecule has 0 saturated carbocycles. The van der Waals surface area contributed by atoms with E-state index in [4.69, 9.17) is 21.1 Å². The number of rotatable bonds is 6. The number of benzene rings is 2. The van der Waals surface area contributed by atoms with Crippen LogP contribution in [-0.4, -0.2) is 24.6 Å². The molecule has 2 aromatic rings. The number of hydrogen-bond acceptors (Lipinski definition) is 4. The van der Waals surface area contributed by atoms with Crippen molar-refractivity contribution in [3.8, 4) is 5.75 Å². The Balaban J connectivity index is 1.81. The van der Waals surface area contributed by atoms with Gasteiger partial charge in [0.05, 0.1) is 5.69 Å². The highest BCUT2D eigenvalue weighted by Crippen LogP contribution is 2.18. The van der Waals surface area contributed by atoms with Crippen LogP contribution in [0.15, 0.2) is 48.5 Å². The lowest BCUT2D eigenvalue weighted by Crippen LogP contribution is -2.29. The van der Waals surface area contributed by atoms with Gasteiger partial charge in [-0.2, -0.15) is 0 Å². The second-order valence-electron chi connectivity index (χ2n) is 4.85. The predicted octanol–water partition coefficient (Wildman–Crippen LogP) is 3.43. The van der Waals surface area contributed by atoms with E-state index >= 15 is 0 Å². The van der Waals surface area contributed by atoms with Crippen molar-refractivity contribution in [3.63, 3.8) is 0 Å². The lowest BCUT2D eigenvalue weighted by molar-refractivity contribution is -0.153. The van der Waals surface area contributed by atoms with Crippen LogP contribution < -0.4 is 10.1 Å².